The summed E-state index contributed by atoms with van der Waals surface area (Å²) in [7, 11) is 1.99. The lowest BCUT2D eigenvalue weighted by Gasteiger charge is -2.72. The Hall–Kier alpha value is -3.36. The molecule has 8 nitrogen and oxygen atoms in total. The topological polar surface area (TPSA) is 111 Å². The summed E-state index contributed by atoms with van der Waals surface area (Å²) in [5, 5.41) is 18.9. The number of hydrogen-bond acceptors (Lipinski definition) is 6. The molecule has 0 aliphatic heterocycles. The molecule has 54 heavy (non-hydrogen) atoms. The average Bonchev–Trinajstić information content (AvgIpc) is 3.58. The second-order valence-corrected chi connectivity index (χ2v) is 20.4. The smallest absolute Gasteiger partial charge is 0.309 e. The molecule has 1 N–H and O–H groups in total. The molecule has 1 heterocycles. The molecular formula is C45H62FN3O5. The van der Waals surface area contributed by atoms with Gasteiger partial charge in [-0.05, 0) is 135 Å². The fourth-order valence-electron chi connectivity index (χ4n) is 13.4. The maximum atomic E-state index is 14.2. The minimum atomic E-state index is -1.17. The number of hydrogen-bond donors (Lipinski definition) is 1. The number of halogens is 1. The van der Waals surface area contributed by atoms with Crippen LogP contribution in [-0.2, 0) is 32.6 Å². The molecular weight excluding hydrogens is 682 g/mol. The van der Waals surface area contributed by atoms with Gasteiger partial charge in [0.15, 0.2) is 11.6 Å². The quantitative estimate of drug-likeness (QED) is 0.268. The molecule has 0 unspecified atom stereocenters. The number of fused-ring (bicyclic) bond motifs is 7. The highest BCUT2D eigenvalue weighted by molar-refractivity contribution is 6.00. The molecule has 294 valence electrons. The number of Topliss-reactive ketones (excluding diaryl/α,β-unsaturated/α-hetero) is 1. The molecule has 0 spiro atoms. The summed E-state index contributed by atoms with van der Waals surface area (Å²) in [6, 6.07) is 6.39. The zero-order valence-electron chi connectivity index (χ0n) is 34.3. The van der Waals surface area contributed by atoms with Crippen molar-refractivity contribution in [1.82, 2.24) is 14.8 Å². The van der Waals surface area contributed by atoms with Gasteiger partial charge in [0.25, 0.3) is 0 Å². The summed E-state index contributed by atoms with van der Waals surface area (Å²) in [5.41, 5.74) is 1.74. The van der Waals surface area contributed by atoms with Crippen LogP contribution in [0.25, 0.3) is 11.4 Å². The fraction of sp³-hybridized carbons (Fsp3) is 0.711. The molecule has 0 bridgehead atoms. The van der Waals surface area contributed by atoms with Crippen LogP contribution >= 0.6 is 0 Å². The second kappa shape index (κ2) is 12.8. The highest BCUT2D eigenvalue weighted by atomic mass is 19.1. The molecule has 4 fully saturated rings. The number of carbonyl (C=O) groups excluding carboxylic acids is 2. The summed E-state index contributed by atoms with van der Waals surface area (Å²) in [6.07, 6.45) is 8.88. The number of carboxylic acid groups (broad SMARTS) is 1. The number of ether oxygens (including phenoxy) is 1. The SMILES string of the molecule is CC(C)C1=C2[C@H]3CC[C@@H]4[C@@]5(C)CC[C@H](OC(=O)CC(C)(C)C(=O)O)C(C)(C)[C@@H]5CC[C@@]4(C)[C@]3(C)CC[C@@]2(Cc2nnc(-c3ccc(F)cc3)n2C)CC1=O. The van der Waals surface area contributed by atoms with E-state index < -0.39 is 17.4 Å². The summed E-state index contributed by atoms with van der Waals surface area (Å²) >= 11 is 0. The number of nitrogens with zero attached hydrogens (tertiary/aromatic N) is 3. The number of carboxylic acids is 1. The van der Waals surface area contributed by atoms with Crippen LogP contribution in [0.1, 0.15) is 132 Å². The van der Waals surface area contributed by atoms with E-state index in [1.807, 2.05) is 11.6 Å². The van der Waals surface area contributed by atoms with E-state index in [4.69, 9.17) is 9.84 Å². The average molecular weight is 744 g/mol. The summed E-state index contributed by atoms with van der Waals surface area (Å²) in [4.78, 5) is 39.1. The Morgan fingerprint density at radius 3 is 2.28 bits per heavy atom. The largest absolute Gasteiger partial charge is 0.481 e. The van der Waals surface area contributed by atoms with Crippen molar-refractivity contribution in [3.63, 3.8) is 0 Å². The minimum Gasteiger partial charge on any atom is -0.481 e. The van der Waals surface area contributed by atoms with E-state index >= 15 is 0 Å². The zero-order chi connectivity index (χ0) is 39.4. The van der Waals surface area contributed by atoms with Crippen LogP contribution in [0, 0.1) is 62.0 Å². The van der Waals surface area contributed by atoms with Crippen LogP contribution in [0.5, 0.6) is 0 Å². The third-order valence-electron chi connectivity index (χ3n) is 16.5. The number of benzene rings is 1. The molecule has 2 aromatic rings. The van der Waals surface area contributed by atoms with Crippen molar-refractivity contribution in [2.45, 2.75) is 139 Å². The van der Waals surface area contributed by atoms with Gasteiger partial charge in [-0.3, -0.25) is 14.4 Å². The Kier molecular flexibility index (Phi) is 9.25. The van der Waals surface area contributed by atoms with Crippen LogP contribution in [0.2, 0.25) is 0 Å². The summed E-state index contributed by atoms with van der Waals surface area (Å²) in [5.74, 6) is 1.50. The Labute approximate surface area is 321 Å². The van der Waals surface area contributed by atoms with Crippen molar-refractivity contribution in [2.75, 3.05) is 0 Å². The van der Waals surface area contributed by atoms with Gasteiger partial charge in [-0.15, -0.1) is 10.2 Å². The minimum absolute atomic E-state index is 0.0164. The Morgan fingerprint density at radius 1 is 0.944 bits per heavy atom. The van der Waals surface area contributed by atoms with E-state index in [1.54, 1.807) is 26.0 Å². The van der Waals surface area contributed by atoms with Crippen molar-refractivity contribution in [3.05, 3.63) is 47.1 Å². The molecule has 5 aliphatic rings. The van der Waals surface area contributed by atoms with Gasteiger partial charge < -0.3 is 14.4 Å². The van der Waals surface area contributed by atoms with E-state index in [1.165, 1.54) is 17.7 Å². The van der Waals surface area contributed by atoms with Crippen molar-refractivity contribution < 1.29 is 28.6 Å². The fourth-order valence-corrected chi connectivity index (χ4v) is 13.4. The van der Waals surface area contributed by atoms with Crippen molar-refractivity contribution in [1.29, 1.82) is 0 Å². The first-order valence-electron chi connectivity index (χ1n) is 20.5. The zero-order valence-corrected chi connectivity index (χ0v) is 34.3. The first-order valence-corrected chi connectivity index (χ1v) is 20.5. The maximum Gasteiger partial charge on any atom is 0.309 e. The molecule has 9 heteroatoms. The highest BCUT2D eigenvalue weighted by Gasteiger charge is 2.70. The number of rotatable bonds is 8. The molecule has 1 aromatic heterocycles. The second-order valence-electron chi connectivity index (χ2n) is 20.4. The molecule has 0 saturated heterocycles. The molecule has 7 rings (SSSR count). The Morgan fingerprint density at radius 2 is 1.63 bits per heavy atom. The normalized spacial score (nSPS) is 36.0. The van der Waals surface area contributed by atoms with Gasteiger partial charge in [0.2, 0.25) is 0 Å². The van der Waals surface area contributed by atoms with Crippen molar-refractivity contribution in [3.8, 4) is 11.4 Å². The molecule has 5 aliphatic carbocycles. The van der Waals surface area contributed by atoms with E-state index in [0.29, 0.717) is 42.2 Å². The molecule has 1 aromatic carbocycles. The number of aliphatic carboxylic acids is 1. The van der Waals surface area contributed by atoms with E-state index in [0.717, 1.165) is 68.3 Å². The number of carbonyl (C=O) groups is 3. The Balaban J connectivity index is 1.19. The van der Waals surface area contributed by atoms with Crippen LogP contribution in [0.3, 0.4) is 0 Å². The van der Waals surface area contributed by atoms with Gasteiger partial charge in [0, 0.05) is 36.3 Å². The van der Waals surface area contributed by atoms with E-state index in [9.17, 15) is 23.9 Å². The van der Waals surface area contributed by atoms with Gasteiger partial charge in [0.05, 0.1) is 11.8 Å². The van der Waals surface area contributed by atoms with Gasteiger partial charge in [-0.2, -0.15) is 0 Å². The number of ketones is 1. The third-order valence-corrected chi connectivity index (χ3v) is 16.5. The van der Waals surface area contributed by atoms with E-state index in [2.05, 4.69) is 53.6 Å². The number of esters is 1. The molecule has 0 radical (unpaired) electrons. The van der Waals surface area contributed by atoms with Gasteiger partial charge in [0.1, 0.15) is 17.7 Å². The lowest BCUT2D eigenvalue weighted by Crippen LogP contribution is -2.65. The summed E-state index contributed by atoms with van der Waals surface area (Å²) in [6.45, 7) is 19.7. The van der Waals surface area contributed by atoms with Gasteiger partial charge >= 0.3 is 11.9 Å². The lowest BCUT2D eigenvalue weighted by atomic mass is 9.33. The van der Waals surface area contributed by atoms with Crippen LogP contribution < -0.4 is 0 Å². The van der Waals surface area contributed by atoms with Crippen LogP contribution in [0.4, 0.5) is 4.39 Å². The van der Waals surface area contributed by atoms with Crippen LogP contribution in [-0.4, -0.2) is 43.7 Å². The predicted octanol–water partition coefficient (Wildman–Crippen LogP) is 9.56. The van der Waals surface area contributed by atoms with E-state index in [-0.39, 0.29) is 51.3 Å². The molecule has 8 atom stereocenters. The third kappa shape index (κ3) is 5.66. The molecule has 0 amide bonds. The first kappa shape index (κ1) is 38.9. The van der Waals surface area contributed by atoms with Gasteiger partial charge in [-0.25, -0.2) is 4.39 Å². The number of aromatic nitrogens is 3. The lowest BCUT2D eigenvalue weighted by molar-refractivity contribution is -0.233. The van der Waals surface area contributed by atoms with Crippen molar-refractivity contribution >= 4 is 17.7 Å². The highest BCUT2D eigenvalue weighted by Crippen LogP contribution is 2.77. The van der Waals surface area contributed by atoms with Crippen LogP contribution in [0.15, 0.2) is 35.4 Å². The maximum absolute atomic E-state index is 14.2. The van der Waals surface area contributed by atoms with Gasteiger partial charge in [-0.1, -0.05) is 54.0 Å². The Bertz CT molecular complexity index is 1890. The van der Waals surface area contributed by atoms with Crippen molar-refractivity contribution in [2.24, 2.45) is 63.2 Å². The molecule has 4 saturated carbocycles. The predicted molar refractivity (Wildman–Crippen MR) is 205 cm³/mol. The standard InChI is InChI=1S/C45H62FN3O5/c1-26(2)36-30(50)23-45(24-34-47-48-38(49(34)10)27-11-13-28(46)14-12-27)22-21-43(8)29(37(36)45)15-16-32-42(7)19-18-33(54-35(51)25-40(3,4)39(52)53)41(5,6)31(42)17-20-44(32,43)9/h11-14,26,29,31-33H,15-25H2,1-10H3,(H,52,53)/t29-,31+,32-,33+,42+,43-,44-,45+/m1/s1. The summed E-state index contributed by atoms with van der Waals surface area (Å²) < 4.78 is 22.0. The number of allylic oxidation sites excluding steroid dienone is 2. The first-order chi connectivity index (χ1) is 25.1. The monoisotopic (exact) mass is 743 g/mol.